The highest BCUT2D eigenvalue weighted by molar-refractivity contribution is 6.20. The van der Waals surface area contributed by atoms with Crippen LogP contribution in [0.4, 0.5) is 13.2 Å². The second kappa shape index (κ2) is 5.04. The molecule has 1 heterocycles. The van der Waals surface area contributed by atoms with Crippen LogP contribution >= 0.6 is 0 Å². The Balaban J connectivity index is 2.48. The van der Waals surface area contributed by atoms with Crippen LogP contribution in [0.5, 0.6) is 0 Å². The van der Waals surface area contributed by atoms with Gasteiger partial charge >= 0.3 is 18.1 Å². The number of hydrogen-bond acceptors (Lipinski definition) is 5. The van der Waals surface area contributed by atoms with Crippen LogP contribution in [0.3, 0.4) is 0 Å². The van der Waals surface area contributed by atoms with Gasteiger partial charge in [-0.1, -0.05) is 12.1 Å². The molecule has 2 rings (SSSR count). The van der Waals surface area contributed by atoms with Crippen LogP contribution in [-0.4, -0.2) is 22.8 Å². The van der Waals surface area contributed by atoms with Crippen molar-refractivity contribution in [1.29, 1.82) is 0 Å². The monoisotopic (exact) mass is 316 g/mol. The van der Waals surface area contributed by atoms with E-state index < -0.39 is 40.8 Å². The standard InChI is InChI=1S/C14H11F3O5/c1-13(2)21-11(19)9(12(20)22-13)10(18)7-4-3-5-8(6-7)14(15,16)17/h3-6,18H,1-2H3. The number of aliphatic hydroxyl groups excluding tert-OH is 1. The molecule has 0 atom stereocenters. The van der Waals surface area contributed by atoms with Crippen molar-refractivity contribution in [2.75, 3.05) is 0 Å². The molecular weight excluding hydrogens is 305 g/mol. The van der Waals surface area contributed by atoms with Crippen molar-refractivity contribution in [2.24, 2.45) is 0 Å². The number of carbonyl (C=O) groups is 2. The summed E-state index contributed by atoms with van der Waals surface area (Å²) in [7, 11) is 0. The van der Waals surface area contributed by atoms with Crippen molar-refractivity contribution >= 4 is 17.7 Å². The zero-order valence-electron chi connectivity index (χ0n) is 11.5. The maximum atomic E-state index is 12.6. The zero-order valence-corrected chi connectivity index (χ0v) is 11.5. The topological polar surface area (TPSA) is 72.8 Å². The minimum Gasteiger partial charge on any atom is -0.506 e. The van der Waals surface area contributed by atoms with E-state index in [-0.39, 0.29) is 5.56 Å². The first-order valence-electron chi connectivity index (χ1n) is 6.09. The Kier molecular flexibility index (Phi) is 3.64. The van der Waals surface area contributed by atoms with Crippen LogP contribution in [0, 0.1) is 0 Å². The molecule has 8 heteroatoms. The number of hydrogen-bond donors (Lipinski definition) is 1. The first-order valence-corrected chi connectivity index (χ1v) is 6.09. The maximum Gasteiger partial charge on any atom is 0.416 e. The van der Waals surface area contributed by atoms with Gasteiger partial charge in [0.2, 0.25) is 0 Å². The van der Waals surface area contributed by atoms with Gasteiger partial charge < -0.3 is 14.6 Å². The molecular formula is C14H11F3O5. The summed E-state index contributed by atoms with van der Waals surface area (Å²) in [6, 6.07) is 3.57. The smallest absolute Gasteiger partial charge is 0.416 e. The Hall–Kier alpha value is -2.51. The van der Waals surface area contributed by atoms with Crippen molar-refractivity contribution in [3.8, 4) is 0 Å². The number of aliphatic hydroxyl groups is 1. The van der Waals surface area contributed by atoms with E-state index in [1.165, 1.54) is 13.8 Å². The lowest BCUT2D eigenvalue weighted by atomic mass is 10.0. The van der Waals surface area contributed by atoms with Crippen molar-refractivity contribution < 1.29 is 37.3 Å². The fraction of sp³-hybridized carbons (Fsp3) is 0.286. The molecule has 1 aromatic rings. The molecule has 1 N–H and O–H groups in total. The molecule has 5 nitrogen and oxygen atoms in total. The summed E-state index contributed by atoms with van der Waals surface area (Å²) >= 11 is 0. The Bertz CT molecular complexity index is 651. The highest BCUT2D eigenvalue weighted by atomic mass is 19.4. The molecule has 0 spiro atoms. The molecule has 1 aliphatic heterocycles. The summed E-state index contributed by atoms with van der Waals surface area (Å²) in [5, 5.41) is 9.96. The van der Waals surface area contributed by atoms with Gasteiger partial charge in [-0.2, -0.15) is 13.2 Å². The van der Waals surface area contributed by atoms with Crippen molar-refractivity contribution in [3.63, 3.8) is 0 Å². The molecule has 0 unspecified atom stereocenters. The van der Waals surface area contributed by atoms with Crippen molar-refractivity contribution in [1.82, 2.24) is 0 Å². The van der Waals surface area contributed by atoms with E-state index in [0.717, 1.165) is 18.2 Å². The summed E-state index contributed by atoms with van der Waals surface area (Å²) in [5.41, 5.74) is -2.23. The molecule has 0 radical (unpaired) electrons. The van der Waals surface area contributed by atoms with E-state index in [2.05, 4.69) is 0 Å². The van der Waals surface area contributed by atoms with Gasteiger partial charge in [0.1, 0.15) is 5.76 Å². The van der Waals surface area contributed by atoms with Crippen molar-refractivity contribution in [3.05, 3.63) is 41.0 Å². The molecule has 0 amide bonds. The fourth-order valence-corrected chi connectivity index (χ4v) is 1.83. The quantitative estimate of drug-likeness (QED) is 0.373. The normalized spacial score (nSPS) is 17.8. The number of cyclic esters (lactones) is 2. The number of ether oxygens (including phenoxy) is 2. The van der Waals surface area contributed by atoms with Gasteiger partial charge in [-0.25, -0.2) is 9.59 Å². The molecule has 0 aromatic heterocycles. The molecule has 0 bridgehead atoms. The van der Waals surface area contributed by atoms with Gasteiger partial charge in [0, 0.05) is 19.4 Å². The van der Waals surface area contributed by atoms with Gasteiger partial charge in [-0.3, -0.25) is 0 Å². The Morgan fingerprint density at radius 2 is 1.68 bits per heavy atom. The summed E-state index contributed by atoms with van der Waals surface area (Å²) < 4.78 is 47.5. The summed E-state index contributed by atoms with van der Waals surface area (Å²) in [5.74, 6) is -4.78. The second-order valence-electron chi connectivity index (χ2n) is 4.98. The lowest BCUT2D eigenvalue weighted by Gasteiger charge is -2.30. The van der Waals surface area contributed by atoms with Gasteiger partial charge in [0.15, 0.2) is 5.57 Å². The molecule has 1 aromatic carbocycles. The van der Waals surface area contributed by atoms with Crippen LogP contribution in [-0.2, 0) is 25.2 Å². The van der Waals surface area contributed by atoms with Gasteiger partial charge in [0.25, 0.3) is 5.79 Å². The molecule has 1 fully saturated rings. The van der Waals surface area contributed by atoms with Crippen LogP contribution < -0.4 is 0 Å². The number of benzene rings is 1. The highest BCUT2D eigenvalue weighted by Crippen LogP contribution is 2.32. The lowest BCUT2D eigenvalue weighted by Crippen LogP contribution is -2.42. The lowest BCUT2D eigenvalue weighted by molar-refractivity contribution is -0.222. The van der Waals surface area contributed by atoms with Gasteiger partial charge in [-0.05, 0) is 12.1 Å². The average molecular weight is 316 g/mol. The van der Waals surface area contributed by atoms with E-state index >= 15 is 0 Å². The summed E-state index contributed by atoms with van der Waals surface area (Å²) in [4.78, 5) is 23.5. The van der Waals surface area contributed by atoms with Gasteiger partial charge in [-0.15, -0.1) is 0 Å². The second-order valence-corrected chi connectivity index (χ2v) is 4.98. The average Bonchev–Trinajstić information content (AvgIpc) is 2.35. The van der Waals surface area contributed by atoms with Crippen molar-refractivity contribution in [2.45, 2.75) is 25.8 Å². The predicted molar refractivity (Wildman–Crippen MR) is 67.3 cm³/mol. The first-order chi connectivity index (χ1) is 10.0. The highest BCUT2D eigenvalue weighted by Gasteiger charge is 2.41. The van der Waals surface area contributed by atoms with E-state index in [1.807, 2.05) is 0 Å². The minimum absolute atomic E-state index is 0.349. The number of esters is 2. The number of halogens is 3. The van der Waals surface area contributed by atoms with E-state index in [1.54, 1.807) is 0 Å². The summed E-state index contributed by atoms with van der Waals surface area (Å²) in [6.45, 7) is 2.61. The Morgan fingerprint density at radius 3 is 2.18 bits per heavy atom. The number of carbonyl (C=O) groups excluding carboxylic acids is 2. The Morgan fingerprint density at radius 1 is 1.14 bits per heavy atom. The first kappa shape index (κ1) is 15.9. The molecule has 1 aliphatic rings. The van der Waals surface area contributed by atoms with Crippen LogP contribution in [0.1, 0.15) is 25.0 Å². The maximum absolute atomic E-state index is 12.6. The SMILES string of the molecule is CC1(C)OC(=O)C(=C(O)c2cccc(C(F)(F)F)c2)C(=O)O1. The fourth-order valence-electron chi connectivity index (χ4n) is 1.83. The molecule has 22 heavy (non-hydrogen) atoms. The third-order valence-electron chi connectivity index (χ3n) is 2.79. The minimum atomic E-state index is -4.63. The molecule has 0 aliphatic carbocycles. The zero-order chi connectivity index (χ0) is 16.7. The third-order valence-corrected chi connectivity index (χ3v) is 2.79. The van der Waals surface area contributed by atoms with E-state index in [4.69, 9.17) is 9.47 Å². The van der Waals surface area contributed by atoms with Crippen LogP contribution in [0.2, 0.25) is 0 Å². The predicted octanol–water partition coefficient (Wildman–Crippen LogP) is 2.81. The Labute approximate surface area is 122 Å². The largest absolute Gasteiger partial charge is 0.506 e. The van der Waals surface area contributed by atoms with E-state index in [9.17, 15) is 27.9 Å². The van der Waals surface area contributed by atoms with Gasteiger partial charge in [0.05, 0.1) is 5.56 Å². The molecule has 118 valence electrons. The van der Waals surface area contributed by atoms with Crippen LogP contribution in [0.15, 0.2) is 29.8 Å². The van der Waals surface area contributed by atoms with Crippen LogP contribution in [0.25, 0.3) is 5.76 Å². The van der Waals surface area contributed by atoms with E-state index in [0.29, 0.717) is 6.07 Å². The molecule has 1 saturated heterocycles. The third kappa shape index (κ3) is 3.05. The molecule has 0 saturated carbocycles. The summed E-state index contributed by atoms with van der Waals surface area (Å²) in [6.07, 6.45) is -4.63. The number of alkyl halides is 3. The number of rotatable bonds is 1.